The Balaban J connectivity index is 4.94. The molecule has 0 aromatic rings. The number of carbonyl (C=O) groups excluding carboxylic acids is 1. The smallest absolute Gasteiger partial charge is 0.303 e. The molecule has 25 heavy (non-hydrogen) atoms. The van der Waals surface area contributed by atoms with E-state index in [4.69, 9.17) is 38.6 Å². The standard InChI is InChI=1S/C19H24O6/c1-4-10-23-14-19(15-24-11-5-2,16-25-12-6-3)13-17(20)8-7-9-18(21)22/h1-3H,7-16H2,(H,21,22). The first-order valence-corrected chi connectivity index (χ1v) is 7.77. The van der Waals surface area contributed by atoms with E-state index in [9.17, 15) is 9.59 Å². The van der Waals surface area contributed by atoms with Gasteiger partial charge in [-0.1, -0.05) is 17.8 Å². The molecule has 6 heteroatoms. The highest BCUT2D eigenvalue weighted by molar-refractivity contribution is 5.79. The molecule has 0 unspecified atom stereocenters. The van der Waals surface area contributed by atoms with Crippen LogP contribution in [0.25, 0.3) is 0 Å². The van der Waals surface area contributed by atoms with E-state index in [1.165, 1.54) is 0 Å². The van der Waals surface area contributed by atoms with Gasteiger partial charge in [0.1, 0.15) is 25.6 Å². The van der Waals surface area contributed by atoms with Crippen LogP contribution in [0.3, 0.4) is 0 Å². The number of ketones is 1. The van der Waals surface area contributed by atoms with Gasteiger partial charge in [0.25, 0.3) is 0 Å². The quantitative estimate of drug-likeness (QED) is 0.353. The summed E-state index contributed by atoms with van der Waals surface area (Å²) in [6.45, 7) is 0.655. The average Bonchev–Trinajstić information content (AvgIpc) is 2.55. The van der Waals surface area contributed by atoms with Gasteiger partial charge >= 0.3 is 5.97 Å². The summed E-state index contributed by atoms with van der Waals surface area (Å²) in [5.41, 5.74) is -0.787. The topological polar surface area (TPSA) is 82.1 Å². The lowest BCUT2D eigenvalue weighted by molar-refractivity contribution is -0.137. The molecule has 0 spiro atoms. The maximum Gasteiger partial charge on any atom is 0.303 e. The van der Waals surface area contributed by atoms with Crippen molar-refractivity contribution in [2.45, 2.75) is 25.7 Å². The maximum atomic E-state index is 12.3. The number of carboxylic acid groups (broad SMARTS) is 1. The normalized spacial score (nSPS) is 10.4. The molecule has 0 rings (SSSR count). The highest BCUT2D eigenvalue weighted by atomic mass is 16.5. The number of hydrogen-bond donors (Lipinski definition) is 1. The van der Waals surface area contributed by atoms with Crippen molar-refractivity contribution in [1.29, 1.82) is 0 Å². The van der Waals surface area contributed by atoms with Crippen molar-refractivity contribution in [2.24, 2.45) is 5.41 Å². The second-order valence-corrected chi connectivity index (χ2v) is 5.55. The first kappa shape index (κ1) is 22.7. The van der Waals surface area contributed by atoms with E-state index in [-0.39, 0.29) is 71.1 Å². The van der Waals surface area contributed by atoms with Crippen molar-refractivity contribution >= 4 is 11.8 Å². The molecule has 1 N–H and O–H groups in total. The van der Waals surface area contributed by atoms with Crippen molar-refractivity contribution in [3.63, 3.8) is 0 Å². The summed E-state index contributed by atoms with van der Waals surface area (Å²) in [6.07, 6.45) is 16.0. The van der Waals surface area contributed by atoms with Crippen LogP contribution in [0.15, 0.2) is 0 Å². The molecule has 136 valence electrons. The van der Waals surface area contributed by atoms with Crippen LogP contribution in [-0.2, 0) is 23.8 Å². The van der Waals surface area contributed by atoms with Gasteiger partial charge in [0.15, 0.2) is 0 Å². The zero-order valence-corrected chi connectivity index (χ0v) is 14.3. The molecule has 0 amide bonds. The first-order chi connectivity index (χ1) is 12.0. The summed E-state index contributed by atoms with van der Waals surface area (Å²) in [5, 5.41) is 8.66. The number of rotatable bonds is 15. The fourth-order valence-electron chi connectivity index (χ4n) is 2.20. The molecule has 0 aliphatic carbocycles. The van der Waals surface area contributed by atoms with Gasteiger partial charge < -0.3 is 19.3 Å². The third-order valence-electron chi connectivity index (χ3n) is 3.20. The minimum absolute atomic E-state index is 0.0620. The lowest BCUT2D eigenvalue weighted by Gasteiger charge is -2.32. The molecule has 0 fully saturated rings. The van der Waals surface area contributed by atoms with Gasteiger partial charge in [-0.25, -0.2) is 0 Å². The largest absolute Gasteiger partial charge is 0.481 e. The van der Waals surface area contributed by atoms with Gasteiger partial charge in [-0.3, -0.25) is 9.59 Å². The SMILES string of the molecule is C#CCOCC(COCC#C)(COCC#C)CC(=O)CCCC(=O)O. The van der Waals surface area contributed by atoms with E-state index in [1.807, 2.05) is 0 Å². The van der Waals surface area contributed by atoms with Crippen LogP contribution in [0.5, 0.6) is 0 Å². The number of Topliss-reactive ketones (excluding diaryl/α,β-unsaturated/α-hetero) is 1. The number of terminal acetylenes is 3. The minimum atomic E-state index is -0.939. The Morgan fingerprint density at radius 3 is 1.64 bits per heavy atom. The number of ether oxygens (including phenoxy) is 3. The minimum Gasteiger partial charge on any atom is -0.481 e. The third kappa shape index (κ3) is 11.8. The molecular weight excluding hydrogens is 324 g/mol. The second kappa shape index (κ2) is 14.1. The van der Waals surface area contributed by atoms with Gasteiger partial charge in [-0.15, -0.1) is 19.3 Å². The number of hydrogen-bond acceptors (Lipinski definition) is 5. The van der Waals surface area contributed by atoms with Gasteiger partial charge in [0.05, 0.1) is 19.8 Å². The van der Waals surface area contributed by atoms with Crippen LogP contribution >= 0.6 is 0 Å². The Morgan fingerprint density at radius 1 is 0.840 bits per heavy atom. The fourth-order valence-corrected chi connectivity index (χ4v) is 2.20. The van der Waals surface area contributed by atoms with Crippen LogP contribution in [0.2, 0.25) is 0 Å². The number of carboxylic acids is 1. The summed E-state index contributed by atoms with van der Waals surface area (Å²) < 4.78 is 16.2. The van der Waals surface area contributed by atoms with Crippen molar-refractivity contribution in [1.82, 2.24) is 0 Å². The molecule has 0 saturated heterocycles. The number of carbonyl (C=O) groups is 2. The van der Waals surface area contributed by atoms with Gasteiger partial charge in [0.2, 0.25) is 0 Å². The fraction of sp³-hybridized carbons (Fsp3) is 0.579. The van der Waals surface area contributed by atoms with E-state index in [1.54, 1.807) is 0 Å². The van der Waals surface area contributed by atoms with Gasteiger partial charge in [-0.05, 0) is 6.42 Å². The average molecular weight is 348 g/mol. The highest BCUT2D eigenvalue weighted by Crippen LogP contribution is 2.26. The van der Waals surface area contributed by atoms with Crippen LogP contribution in [0, 0.1) is 42.4 Å². The maximum absolute atomic E-state index is 12.3. The highest BCUT2D eigenvalue weighted by Gasteiger charge is 2.34. The van der Waals surface area contributed by atoms with E-state index in [0.29, 0.717) is 0 Å². The number of aliphatic carboxylic acids is 1. The lowest BCUT2D eigenvalue weighted by atomic mass is 9.84. The molecule has 0 atom stereocenters. The summed E-state index contributed by atoms with van der Waals surface area (Å²) >= 11 is 0. The summed E-state index contributed by atoms with van der Waals surface area (Å²) in [6, 6.07) is 0. The molecule has 0 saturated carbocycles. The molecule has 0 radical (unpaired) electrons. The Morgan fingerprint density at radius 2 is 1.28 bits per heavy atom. The molecule has 0 aromatic carbocycles. The van der Waals surface area contributed by atoms with Gasteiger partial charge in [-0.2, -0.15) is 0 Å². The molecule has 0 bridgehead atoms. The van der Waals surface area contributed by atoms with Crippen molar-refractivity contribution in [2.75, 3.05) is 39.6 Å². The predicted molar refractivity (Wildman–Crippen MR) is 92.5 cm³/mol. The zero-order valence-electron chi connectivity index (χ0n) is 14.3. The van der Waals surface area contributed by atoms with E-state index < -0.39 is 11.4 Å². The molecular formula is C19H24O6. The van der Waals surface area contributed by atoms with Crippen molar-refractivity contribution in [3.8, 4) is 37.0 Å². The van der Waals surface area contributed by atoms with Crippen molar-refractivity contribution < 1.29 is 28.9 Å². The summed E-state index contributed by atoms with van der Waals surface area (Å²) in [5.74, 6) is 6.02. The first-order valence-electron chi connectivity index (χ1n) is 7.77. The molecule has 6 nitrogen and oxygen atoms in total. The Hall–Kier alpha value is -2.30. The predicted octanol–water partition coefficient (Wildman–Crippen LogP) is 1.14. The molecule has 0 aliphatic rings. The Labute approximate surface area is 149 Å². The summed E-state index contributed by atoms with van der Waals surface area (Å²) in [7, 11) is 0. The Kier molecular flexibility index (Phi) is 12.8. The monoisotopic (exact) mass is 348 g/mol. The van der Waals surface area contributed by atoms with Crippen LogP contribution < -0.4 is 0 Å². The molecule has 0 aromatic heterocycles. The van der Waals surface area contributed by atoms with Crippen LogP contribution in [0.1, 0.15) is 25.7 Å². The van der Waals surface area contributed by atoms with Crippen LogP contribution in [-0.4, -0.2) is 56.5 Å². The zero-order chi connectivity index (χ0) is 19.0. The third-order valence-corrected chi connectivity index (χ3v) is 3.20. The Bertz CT molecular complexity index is 481. The van der Waals surface area contributed by atoms with E-state index >= 15 is 0 Å². The summed E-state index contributed by atoms with van der Waals surface area (Å²) in [4.78, 5) is 22.8. The van der Waals surface area contributed by atoms with Crippen molar-refractivity contribution in [3.05, 3.63) is 0 Å². The van der Waals surface area contributed by atoms with E-state index in [0.717, 1.165) is 0 Å². The lowest BCUT2D eigenvalue weighted by Crippen LogP contribution is -2.39. The van der Waals surface area contributed by atoms with Crippen LogP contribution in [0.4, 0.5) is 0 Å². The molecule has 0 aliphatic heterocycles. The molecule has 0 heterocycles. The van der Waals surface area contributed by atoms with Gasteiger partial charge in [0, 0.05) is 24.7 Å². The second-order valence-electron chi connectivity index (χ2n) is 5.55. The van der Waals surface area contributed by atoms with E-state index in [2.05, 4.69) is 17.8 Å².